The highest BCUT2D eigenvalue weighted by Crippen LogP contribution is 2.42. The van der Waals surface area contributed by atoms with E-state index >= 15 is 0 Å². The molecule has 4 aromatic rings. The van der Waals surface area contributed by atoms with E-state index in [9.17, 15) is 14.7 Å². The Hall–Kier alpha value is -4.61. The number of hydrogen-bond donors (Lipinski definition) is 3. The molecule has 49 heavy (non-hydrogen) atoms. The standard InChI is InChI=1S/C39H46N4O6/c1-4-47-36(45)24-42-39(46)41-23-32-9-5-6-11-34(32)29-16-18-31(19-17-29)38-48-35(25-43(3)22-20-33-10-7-8-21-40-33)27(2)37(49-38)30-14-12-28(26-44)13-15-30/h5-19,21,27,35,37-38,44H,4,20,22-26H2,1-3H3,(H2,41,42,46)/t27-,35+,37+,38+/m0/s1. The van der Waals surface area contributed by atoms with Gasteiger partial charge in [0.25, 0.3) is 0 Å². The highest BCUT2D eigenvalue weighted by Gasteiger charge is 2.38. The lowest BCUT2D eigenvalue weighted by molar-refractivity contribution is -0.275. The molecule has 3 N–H and O–H groups in total. The molecular formula is C39H46N4O6. The molecule has 1 saturated heterocycles. The number of rotatable bonds is 14. The van der Waals surface area contributed by atoms with Crippen LogP contribution < -0.4 is 10.6 Å². The SMILES string of the molecule is CCOC(=O)CNC(=O)NCc1ccccc1-c1ccc([C@@H]2O[C@H](CN(C)CCc3ccccn3)[C@H](C)[C@H](c3ccc(CO)cc3)O2)cc1. The van der Waals surface area contributed by atoms with Gasteiger partial charge in [-0.3, -0.25) is 9.78 Å². The average molecular weight is 667 g/mol. The third-order valence-corrected chi connectivity index (χ3v) is 8.74. The van der Waals surface area contributed by atoms with E-state index in [-0.39, 0.29) is 44.4 Å². The van der Waals surface area contributed by atoms with Gasteiger partial charge in [-0.15, -0.1) is 0 Å². The third kappa shape index (κ3) is 9.96. The maximum atomic E-state index is 12.3. The largest absolute Gasteiger partial charge is 0.465 e. The minimum absolute atomic E-state index is 0.00892. The summed E-state index contributed by atoms with van der Waals surface area (Å²) in [6.07, 6.45) is 1.79. The van der Waals surface area contributed by atoms with E-state index in [4.69, 9.17) is 14.2 Å². The number of esters is 1. The van der Waals surface area contributed by atoms with Gasteiger partial charge >= 0.3 is 12.0 Å². The molecule has 0 spiro atoms. The van der Waals surface area contributed by atoms with Crippen LogP contribution in [0, 0.1) is 5.92 Å². The summed E-state index contributed by atoms with van der Waals surface area (Å²) < 4.78 is 18.2. The van der Waals surface area contributed by atoms with Crippen LogP contribution in [-0.2, 0) is 38.6 Å². The lowest BCUT2D eigenvalue weighted by Crippen LogP contribution is -2.43. The Morgan fingerprint density at radius 1 is 0.918 bits per heavy atom. The molecule has 0 unspecified atom stereocenters. The van der Waals surface area contributed by atoms with Crippen molar-refractivity contribution >= 4 is 12.0 Å². The molecule has 4 atom stereocenters. The molecule has 3 aromatic carbocycles. The topological polar surface area (TPSA) is 122 Å². The number of aliphatic hydroxyl groups is 1. The van der Waals surface area contributed by atoms with Crippen LogP contribution in [0.1, 0.15) is 54.2 Å². The number of urea groups is 1. The van der Waals surface area contributed by atoms with Crippen molar-refractivity contribution in [2.45, 2.75) is 51.9 Å². The first kappa shape index (κ1) is 35.7. The molecule has 2 heterocycles. The fourth-order valence-corrected chi connectivity index (χ4v) is 5.96. The van der Waals surface area contributed by atoms with Gasteiger partial charge in [0.2, 0.25) is 0 Å². The molecule has 258 valence electrons. The van der Waals surface area contributed by atoms with Crippen molar-refractivity contribution in [2.75, 3.05) is 33.3 Å². The van der Waals surface area contributed by atoms with Crippen LogP contribution in [0.4, 0.5) is 4.79 Å². The summed E-state index contributed by atoms with van der Waals surface area (Å²) in [5.41, 5.74) is 6.76. The number of amides is 2. The van der Waals surface area contributed by atoms with Gasteiger partial charge in [-0.05, 0) is 53.9 Å². The van der Waals surface area contributed by atoms with Gasteiger partial charge in [0, 0.05) is 49.4 Å². The van der Waals surface area contributed by atoms with Crippen molar-refractivity contribution in [1.82, 2.24) is 20.5 Å². The maximum absolute atomic E-state index is 12.3. The number of aliphatic hydroxyl groups excluding tert-OH is 1. The lowest BCUT2D eigenvalue weighted by atomic mass is 9.90. The molecule has 0 saturated carbocycles. The van der Waals surface area contributed by atoms with Gasteiger partial charge in [0.05, 0.1) is 25.4 Å². The number of nitrogens with one attached hydrogen (secondary N) is 2. The molecule has 10 heteroatoms. The Balaban J connectivity index is 1.29. The molecule has 2 amide bonds. The van der Waals surface area contributed by atoms with Crippen LogP contribution >= 0.6 is 0 Å². The summed E-state index contributed by atoms with van der Waals surface area (Å²) >= 11 is 0. The summed E-state index contributed by atoms with van der Waals surface area (Å²) in [6.45, 7) is 5.81. The van der Waals surface area contributed by atoms with Crippen molar-refractivity contribution < 1.29 is 28.9 Å². The van der Waals surface area contributed by atoms with E-state index < -0.39 is 18.3 Å². The summed E-state index contributed by atoms with van der Waals surface area (Å²) in [5, 5.41) is 14.9. The molecule has 1 fully saturated rings. The Morgan fingerprint density at radius 2 is 1.65 bits per heavy atom. The zero-order chi connectivity index (χ0) is 34.6. The van der Waals surface area contributed by atoms with Crippen molar-refractivity contribution in [3.63, 3.8) is 0 Å². The molecule has 1 aliphatic rings. The van der Waals surface area contributed by atoms with E-state index in [0.29, 0.717) is 0 Å². The quantitative estimate of drug-likeness (QED) is 0.150. The number of aromatic nitrogens is 1. The first-order valence-corrected chi connectivity index (χ1v) is 16.8. The normalized spacial score (nSPS) is 19.0. The lowest BCUT2D eigenvalue weighted by Gasteiger charge is -2.42. The van der Waals surface area contributed by atoms with E-state index in [2.05, 4.69) is 34.5 Å². The fourth-order valence-electron chi connectivity index (χ4n) is 5.96. The number of benzene rings is 3. The third-order valence-electron chi connectivity index (χ3n) is 8.74. The smallest absolute Gasteiger partial charge is 0.325 e. The summed E-state index contributed by atoms with van der Waals surface area (Å²) in [5.74, 6) is -0.412. The first-order valence-electron chi connectivity index (χ1n) is 16.8. The zero-order valence-corrected chi connectivity index (χ0v) is 28.4. The summed E-state index contributed by atoms with van der Waals surface area (Å²) in [7, 11) is 2.11. The Labute approximate surface area is 288 Å². The van der Waals surface area contributed by atoms with Crippen LogP contribution in [0.2, 0.25) is 0 Å². The van der Waals surface area contributed by atoms with Crippen LogP contribution in [0.3, 0.4) is 0 Å². The predicted molar refractivity (Wildman–Crippen MR) is 187 cm³/mol. The number of ether oxygens (including phenoxy) is 3. The minimum Gasteiger partial charge on any atom is -0.465 e. The van der Waals surface area contributed by atoms with Crippen LogP contribution in [0.25, 0.3) is 11.1 Å². The number of hydrogen-bond acceptors (Lipinski definition) is 8. The summed E-state index contributed by atoms with van der Waals surface area (Å²) in [6, 6.07) is 29.5. The zero-order valence-electron chi connectivity index (χ0n) is 28.4. The number of nitrogens with zero attached hydrogens (tertiary/aromatic N) is 2. The van der Waals surface area contributed by atoms with Crippen molar-refractivity contribution in [1.29, 1.82) is 0 Å². The summed E-state index contributed by atoms with van der Waals surface area (Å²) in [4.78, 5) is 30.6. The second-order valence-corrected chi connectivity index (χ2v) is 12.3. The van der Waals surface area contributed by atoms with Gasteiger partial charge in [-0.1, -0.05) is 85.8 Å². The molecule has 0 radical (unpaired) electrons. The average Bonchev–Trinajstić information content (AvgIpc) is 3.14. The Morgan fingerprint density at radius 3 is 2.37 bits per heavy atom. The Bertz CT molecular complexity index is 1630. The van der Waals surface area contributed by atoms with Gasteiger partial charge in [0.15, 0.2) is 6.29 Å². The highest BCUT2D eigenvalue weighted by atomic mass is 16.7. The molecule has 0 aliphatic carbocycles. The predicted octanol–water partition coefficient (Wildman–Crippen LogP) is 5.57. The Kier molecular flexibility index (Phi) is 12.9. The monoisotopic (exact) mass is 666 g/mol. The number of likely N-dealkylation sites (N-methyl/N-ethyl adjacent to an activating group) is 1. The molecule has 5 rings (SSSR count). The maximum Gasteiger partial charge on any atom is 0.325 e. The van der Waals surface area contributed by atoms with E-state index in [0.717, 1.165) is 58.6 Å². The number of pyridine rings is 1. The van der Waals surface area contributed by atoms with Crippen LogP contribution in [0.5, 0.6) is 0 Å². The number of carbonyl (C=O) groups is 2. The highest BCUT2D eigenvalue weighted by molar-refractivity contribution is 5.81. The van der Waals surface area contributed by atoms with E-state index in [1.807, 2.05) is 97.2 Å². The van der Waals surface area contributed by atoms with Crippen molar-refractivity contribution in [3.05, 3.63) is 125 Å². The van der Waals surface area contributed by atoms with Crippen LogP contribution in [0.15, 0.2) is 97.2 Å². The van der Waals surface area contributed by atoms with E-state index in [1.165, 1.54) is 0 Å². The van der Waals surface area contributed by atoms with Crippen molar-refractivity contribution in [2.24, 2.45) is 5.92 Å². The van der Waals surface area contributed by atoms with Crippen molar-refractivity contribution in [3.8, 4) is 11.1 Å². The fraction of sp³-hybridized carbons (Fsp3) is 0.359. The van der Waals surface area contributed by atoms with Gasteiger partial charge in [-0.2, -0.15) is 0 Å². The second-order valence-electron chi connectivity index (χ2n) is 12.3. The molecular weight excluding hydrogens is 620 g/mol. The first-order chi connectivity index (χ1) is 23.8. The molecule has 10 nitrogen and oxygen atoms in total. The minimum atomic E-state index is -0.582. The van der Waals surface area contributed by atoms with Gasteiger partial charge < -0.3 is 34.9 Å². The molecule has 1 aromatic heterocycles. The second kappa shape index (κ2) is 17.7. The van der Waals surface area contributed by atoms with E-state index in [1.54, 1.807) is 6.92 Å². The van der Waals surface area contributed by atoms with Gasteiger partial charge in [0.1, 0.15) is 6.54 Å². The number of carbonyl (C=O) groups excluding carboxylic acids is 2. The van der Waals surface area contributed by atoms with Gasteiger partial charge in [-0.25, -0.2) is 4.79 Å². The molecule has 0 bridgehead atoms. The van der Waals surface area contributed by atoms with Crippen LogP contribution in [-0.4, -0.2) is 66.4 Å². The molecule has 1 aliphatic heterocycles.